The predicted molar refractivity (Wildman–Crippen MR) is 96.7 cm³/mol. The monoisotopic (exact) mass is 340 g/mol. The number of carbonyl (C=O) groups excluding carboxylic acids is 2. The zero-order valence-corrected chi connectivity index (χ0v) is 14.8. The minimum atomic E-state index is -0.0530. The Hall–Kier alpha value is -1.84. The zero-order valence-electron chi connectivity index (χ0n) is 14.8. The molecular formula is C21H28N2O2. The van der Waals surface area contributed by atoms with Crippen LogP contribution in [0.2, 0.25) is 0 Å². The Morgan fingerprint density at radius 3 is 2.36 bits per heavy atom. The summed E-state index contributed by atoms with van der Waals surface area (Å²) in [6.45, 7) is 1.43. The Morgan fingerprint density at radius 2 is 1.72 bits per heavy atom. The molecule has 2 amide bonds. The van der Waals surface area contributed by atoms with Gasteiger partial charge in [-0.2, -0.15) is 0 Å². The van der Waals surface area contributed by atoms with Gasteiger partial charge in [0.05, 0.1) is 12.0 Å². The summed E-state index contributed by atoms with van der Waals surface area (Å²) in [7, 11) is 0. The first-order valence-electron chi connectivity index (χ1n) is 9.86. The molecule has 2 unspecified atom stereocenters. The topological polar surface area (TPSA) is 49.4 Å². The van der Waals surface area contributed by atoms with Crippen molar-refractivity contribution in [3.8, 4) is 0 Å². The van der Waals surface area contributed by atoms with Crippen LogP contribution >= 0.6 is 0 Å². The first-order chi connectivity index (χ1) is 12.2. The Bertz CT molecular complexity index is 622. The molecule has 1 saturated heterocycles. The van der Waals surface area contributed by atoms with Gasteiger partial charge in [0, 0.05) is 19.0 Å². The normalized spacial score (nSPS) is 25.1. The molecule has 1 aromatic rings. The Balaban J connectivity index is 1.41. The number of nitrogens with one attached hydrogen (secondary N) is 1. The molecule has 4 rings (SSSR count). The van der Waals surface area contributed by atoms with Gasteiger partial charge in [0.1, 0.15) is 0 Å². The van der Waals surface area contributed by atoms with E-state index < -0.39 is 0 Å². The molecule has 1 N–H and O–H groups in total. The summed E-state index contributed by atoms with van der Waals surface area (Å²) < 4.78 is 0. The van der Waals surface area contributed by atoms with Crippen molar-refractivity contribution in [2.75, 3.05) is 13.1 Å². The van der Waals surface area contributed by atoms with Gasteiger partial charge in [-0.1, -0.05) is 36.8 Å². The highest BCUT2D eigenvalue weighted by Crippen LogP contribution is 2.38. The van der Waals surface area contributed by atoms with Crippen molar-refractivity contribution in [3.63, 3.8) is 0 Å². The molecule has 25 heavy (non-hydrogen) atoms. The van der Waals surface area contributed by atoms with Crippen molar-refractivity contribution >= 4 is 11.8 Å². The van der Waals surface area contributed by atoms with E-state index in [9.17, 15) is 9.59 Å². The smallest absolute Gasteiger partial charge is 0.225 e. The van der Waals surface area contributed by atoms with Crippen molar-refractivity contribution in [3.05, 3.63) is 35.9 Å². The van der Waals surface area contributed by atoms with E-state index in [1.54, 1.807) is 0 Å². The van der Waals surface area contributed by atoms with Gasteiger partial charge in [-0.15, -0.1) is 0 Å². The lowest BCUT2D eigenvalue weighted by Gasteiger charge is -2.37. The fourth-order valence-corrected chi connectivity index (χ4v) is 4.16. The van der Waals surface area contributed by atoms with E-state index in [4.69, 9.17) is 0 Å². The zero-order chi connectivity index (χ0) is 17.2. The van der Waals surface area contributed by atoms with E-state index in [0.717, 1.165) is 32.2 Å². The second kappa shape index (κ2) is 7.19. The molecule has 2 aliphatic carbocycles. The van der Waals surface area contributed by atoms with Gasteiger partial charge in [0.25, 0.3) is 0 Å². The molecule has 1 aromatic carbocycles. The van der Waals surface area contributed by atoms with Crippen LogP contribution in [-0.4, -0.2) is 29.8 Å². The molecule has 2 atom stereocenters. The fraction of sp³-hybridized carbons (Fsp3) is 0.619. The number of amides is 2. The van der Waals surface area contributed by atoms with Gasteiger partial charge in [0.2, 0.25) is 11.8 Å². The SMILES string of the molecule is O=C(NC(c1ccccc1)C1CCC1)C1CCCN(C(=O)C2CC2)C1. The maximum atomic E-state index is 12.9. The molecule has 1 heterocycles. The van der Waals surface area contributed by atoms with Crippen LogP contribution in [0.3, 0.4) is 0 Å². The Labute approximate surface area is 150 Å². The van der Waals surface area contributed by atoms with Gasteiger partial charge in [-0.05, 0) is 50.0 Å². The van der Waals surface area contributed by atoms with E-state index in [1.807, 2.05) is 23.1 Å². The van der Waals surface area contributed by atoms with Crippen LogP contribution in [0.25, 0.3) is 0 Å². The average Bonchev–Trinajstić information content (AvgIpc) is 3.45. The maximum Gasteiger partial charge on any atom is 0.225 e. The highest BCUT2D eigenvalue weighted by Gasteiger charge is 2.38. The molecule has 2 saturated carbocycles. The first-order valence-corrected chi connectivity index (χ1v) is 9.86. The quantitative estimate of drug-likeness (QED) is 0.894. The van der Waals surface area contributed by atoms with Crippen molar-refractivity contribution in [2.45, 2.75) is 51.0 Å². The Kier molecular flexibility index (Phi) is 4.78. The van der Waals surface area contributed by atoms with Gasteiger partial charge in [-0.25, -0.2) is 0 Å². The Morgan fingerprint density at radius 1 is 0.960 bits per heavy atom. The minimum Gasteiger partial charge on any atom is -0.349 e. The summed E-state index contributed by atoms with van der Waals surface area (Å²) >= 11 is 0. The molecule has 0 aromatic heterocycles. The van der Waals surface area contributed by atoms with Crippen LogP contribution in [0.4, 0.5) is 0 Å². The number of carbonyl (C=O) groups is 2. The maximum absolute atomic E-state index is 12.9. The van der Waals surface area contributed by atoms with Crippen LogP contribution < -0.4 is 5.32 Å². The number of piperidine rings is 1. The fourth-order valence-electron chi connectivity index (χ4n) is 4.16. The van der Waals surface area contributed by atoms with Crippen LogP contribution in [0.5, 0.6) is 0 Å². The third kappa shape index (κ3) is 3.73. The first kappa shape index (κ1) is 16.6. The van der Waals surface area contributed by atoms with E-state index in [2.05, 4.69) is 17.4 Å². The number of likely N-dealkylation sites (tertiary alicyclic amines) is 1. The summed E-state index contributed by atoms with van der Waals surface area (Å²) in [5, 5.41) is 3.33. The second-order valence-corrected chi connectivity index (χ2v) is 7.99. The van der Waals surface area contributed by atoms with Gasteiger partial charge < -0.3 is 10.2 Å². The molecule has 4 heteroatoms. The summed E-state index contributed by atoms with van der Waals surface area (Å²) in [5.41, 5.74) is 1.21. The number of rotatable bonds is 5. The van der Waals surface area contributed by atoms with E-state index >= 15 is 0 Å². The van der Waals surface area contributed by atoms with Gasteiger partial charge in [0.15, 0.2) is 0 Å². The number of hydrogen-bond donors (Lipinski definition) is 1. The summed E-state index contributed by atoms with van der Waals surface area (Å²) in [6.07, 6.45) is 7.54. The second-order valence-electron chi connectivity index (χ2n) is 7.99. The van der Waals surface area contributed by atoms with Crippen LogP contribution in [0.15, 0.2) is 30.3 Å². The summed E-state index contributed by atoms with van der Waals surface area (Å²) in [4.78, 5) is 27.2. The highest BCUT2D eigenvalue weighted by atomic mass is 16.2. The largest absolute Gasteiger partial charge is 0.349 e. The van der Waals surface area contributed by atoms with Gasteiger partial charge in [-0.3, -0.25) is 9.59 Å². The lowest BCUT2D eigenvalue weighted by molar-refractivity contribution is -0.137. The predicted octanol–water partition coefficient (Wildman–Crippen LogP) is 3.29. The van der Waals surface area contributed by atoms with E-state index in [0.29, 0.717) is 12.5 Å². The molecule has 0 bridgehead atoms. The third-order valence-electron chi connectivity index (χ3n) is 6.11. The van der Waals surface area contributed by atoms with E-state index in [1.165, 1.54) is 24.8 Å². The third-order valence-corrected chi connectivity index (χ3v) is 6.11. The molecule has 0 radical (unpaired) electrons. The summed E-state index contributed by atoms with van der Waals surface area (Å²) in [5.74, 6) is 1.15. The molecule has 3 fully saturated rings. The van der Waals surface area contributed by atoms with Crippen LogP contribution in [0, 0.1) is 17.8 Å². The number of benzene rings is 1. The molecule has 0 spiro atoms. The van der Waals surface area contributed by atoms with Gasteiger partial charge >= 0.3 is 0 Å². The number of hydrogen-bond acceptors (Lipinski definition) is 2. The van der Waals surface area contributed by atoms with Crippen molar-refractivity contribution < 1.29 is 9.59 Å². The highest BCUT2D eigenvalue weighted by molar-refractivity contribution is 5.83. The van der Waals surface area contributed by atoms with Crippen LogP contribution in [-0.2, 0) is 9.59 Å². The average molecular weight is 340 g/mol. The molecule has 3 aliphatic rings. The van der Waals surface area contributed by atoms with Crippen molar-refractivity contribution in [1.29, 1.82) is 0 Å². The molecule has 4 nitrogen and oxygen atoms in total. The molecule has 134 valence electrons. The standard InChI is InChI=1S/C21H28N2O2/c24-20(18-10-5-13-23(14-18)21(25)17-11-12-17)22-19(16-8-4-9-16)15-6-2-1-3-7-15/h1-3,6-7,16-19H,4-5,8-14H2,(H,22,24). The lowest BCUT2D eigenvalue weighted by atomic mass is 9.77. The van der Waals surface area contributed by atoms with Crippen LogP contribution in [0.1, 0.15) is 56.6 Å². The number of nitrogens with zero attached hydrogens (tertiary/aromatic N) is 1. The molecule has 1 aliphatic heterocycles. The van der Waals surface area contributed by atoms with Crippen molar-refractivity contribution in [2.24, 2.45) is 17.8 Å². The van der Waals surface area contributed by atoms with Crippen molar-refractivity contribution in [1.82, 2.24) is 10.2 Å². The minimum absolute atomic E-state index is 0.0530. The van der Waals surface area contributed by atoms with E-state index in [-0.39, 0.29) is 29.7 Å². The summed E-state index contributed by atoms with van der Waals surface area (Å²) in [6, 6.07) is 10.5. The lowest BCUT2D eigenvalue weighted by Crippen LogP contribution is -2.47. The molecular weight excluding hydrogens is 312 g/mol.